The maximum Gasteiger partial charge on any atom is 0.250 e. The van der Waals surface area contributed by atoms with Crippen LogP contribution in [0.15, 0.2) is 29.3 Å². The highest BCUT2D eigenvalue weighted by Crippen LogP contribution is 2.20. The van der Waals surface area contributed by atoms with Gasteiger partial charge in [0.05, 0.1) is 6.20 Å². The molecule has 0 radical (unpaired) electrons. The van der Waals surface area contributed by atoms with Crippen molar-refractivity contribution in [3.8, 4) is 0 Å². The molecule has 1 N–H and O–H groups in total. The van der Waals surface area contributed by atoms with Gasteiger partial charge in [-0.15, -0.1) is 0 Å². The number of pyridine rings is 1. The summed E-state index contributed by atoms with van der Waals surface area (Å²) >= 11 is 0. The molecule has 2 aromatic heterocycles. The number of nitrogens with one attached hydrogen (secondary N) is 1. The van der Waals surface area contributed by atoms with E-state index in [4.69, 9.17) is 0 Å². The molecule has 3 rings (SSSR count). The zero-order valence-corrected chi connectivity index (χ0v) is 14.8. The van der Waals surface area contributed by atoms with E-state index in [1.165, 1.54) is 16.8 Å². The number of likely N-dealkylation sites (N-methyl/N-ethyl adjacent to an activating group) is 1. The van der Waals surface area contributed by atoms with E-state index in [-0.39, 0.29) is 5.56 Å². The van der Waals surface area contributed by atoms with Gasteiger partial charge in [-0.3, -0.25) is 9.48 Å². The molecule has 0 saturated carbocycles. The first-order valence-corrected chi connectivity index (χ1v) is 8.60. The molecule has 0 spiro atoms. The van der Waals surface area contributed by atoms with Crippen LogP contribution in [0.3, 0.4) is 0 Å². The van der Waals surface area contributed by atoms with Crippen LogP contribution in [0.2, 0.25) is 0 Å². The molecule has 2 aromatic rings. The minimum Gasteiger partial charge on any atom is -0.311 e. The molecule has 6 heteroatoms. The van der Waals surface area contributed by atoms with E-state index < -0.39 is 0 Å². The molecule has 1 aliphatic rings. The number of fused-ring (bicyclic) bond motifs is 1. The molecule has 24 heavy (non-hydrogen) atoms. The Morgan fingerprint density at radius 1 is 1.38 bits per heavy atom. The first kappa shape index (κ1) is 16.9. The summed E-state index contributed by atoms with van der Waals surface area (Å²) in [6.07, 6.45) is 6.96. The van der Waals surface area contributed by atoms with Gasteiger partial charge >= 0.3 is 0 Å². The quantitative estimate of drug-likeness (QED) is 0.851. The third-order valence-corrected chi connectivity index (χ3v) is 4.71. The number of nitrogens with zero attached hydrogens (tertiary/aromatic N) is 4. The van der Waals surface area contributed by atoms with Crippen molar-refractivity contribution in [1.82, 2.24) is 24.6 Å². The van der Waals surface area contributed by atoms with Crippen molar-refractivity contribution in [2.75, 3.05) is 20.6 Å². The fourth-order valence-electron chi connectivity index (χ4n) is 3.37. The van der Waals surface area contributed by atoms with Gasteiger partial charge < -0.3 is 14.8 Å². The largest absolute Gasteiger partial charge is 0.311 e. The maximum atomic E-state index is 12.2. The Hall–Kier alpha value is -1.92. The molecule has 0 saturated heterocycles. The lowest BCUT2D eigenvalue weighted by Crippen LogP contribution is -2.37. The second-order valence-electron chi connectivity index (χ2n) is 6.94. The highest BCUT2D eigenvalue weighted by Gasteiger charge is 2.21. The van der Waals surface area contributed by atoms with Crippen molar-refractivity contribution in [2.45, 2.75) is 38.4 Å². The van der Waals surface area contributed by atoms with Gasteiger partial charge in [0, 0.05) is 56.2 Å². The minimum atomic E-state index is 0.123. The maximum absolute atomic E-state index is 12.2. The topological polar surface area (TPSA) is 55.1 Å². The predicted molar refractivity (Wildman–Crippen MR) is 95.1 cm³/mol. The molecule has 0 aliphatic heterocycles. The summed E-state index contributed by atoms with van der Waals surface area (Å²) in [5.74, 6) is 0. The minimum absolute atomic E-state index is 0.123. The normalized spacial score (nSPS) is 17.2. The molecular weight excluding hydrogens is 302 g/mol. The summed E-state index contributed by atoms with van der Waals surface area (Å²) in [5.41, 5.74) is 3.86. The molecule has 1 atom stereocenters. The molecule has 0 aromatic carbocycles. The van der Waals surface area contributed by atoms with Crippen LogP contribution in [-0.2, 0) is 33.0 Å². The van der Waals surface area contributed by atoms with Gasteiger partial charge in [0.25, 0.3) is 5.56 Å². The third kappa shape index (κ3) is 3.94. The number of hydrogen-bond donors (Lipinski definition) is 1. The van der Waals surface area contributed by atoms with E-state index in [1.54, 1.807) is 6.07 Å². The summed E-state index contributed by atoms with van der Waals surface area (Å²) in [6, 6.07) is 4.19. The third-order valence-electron chi connectivity index (χ3n) is 4.71. The van der Waals surface area contributed by atoms with E-state index in [0.717, 1.165) is 38.9 Å². The zero-order valence-electron chi connectivity index (χ0n) is 14.8. The number of rotatable bonds is 6. The average Bonchev–Trinajstić information content (AvgIpc) is 2.97. The van der Waals surface area contributed by atoms with Crippen LogP contribution in [0.5, 0.6) is 0 Å². The molecule has 0 unspecified atom stereocenters. The lowest BCUT2D eigenvalue weighted by Gasteiger charge is -2.28. The van der Waals surface area contributed by atoms with Crippen molar-refractivity contribution in [1.29, 1.82) is 0 Å². The van der Waals surface area contributed by atoms with Gasteiger partial charge in [0.15, 0.2) is 0 Å². The summed E-state index contributed by atoms with van der Waals surface area (Å²) in [7, 11) is 6.02. The van der Waals surface area contributed by atoms with Crippen LogP contribution in [0.1, 0.15) is 23.2 Å². The summed E-state index contributed by atoms with van der Waals surface area (Å²) in [6.45, 7) is 2.50. The van der Waals surface area contributed by atoms with E-state index in [1.807, 2.05) is 48.9 Å². The highest BCUT2D eigenvalue weighted by molar-refractivity contribution is 5.25. The van der Waals surface area contributed by atoms with Gasteiger partial charge in [-0.2, -0.15) is 5.10 Å². The second-order valence-corrected chi connectivity index (χ2v) is 6.94. The Kier molecular flexibility index (Phi) is 5.16. The fourth-order valence-corrected chi connectivity index (χ4v) is 3.37. The van der Waals surface area contributed by atoms with Crippen LogP contribution >= 0.6 is 0 Å². The molecule has 1 aliphatic carbocycles. The Morgan fingerprint density at radius 2 is 2.21 bits per heavy atom. The van der Waals surface area contributed by atoms with Crippen molar-refractivity contribution >= 4 is 0 Å². The van der Waals surface area contributed by atoms with Gasteiger partial charge in [-0.05, 0) is 38.9 Å². The lowest BCUT2D eigenvalue weighted by molar-refractivity contribution is 0.370. The number of aromatic nitrogens is 3. The van der Waals surface area contributed by atoms with Crippen molar-refractivity contribution in [3.05, 3.63) is 51.7 Å². The average molecular weight is 329 g/mol. The molecular formula is C18H27N5O. The Balaban J connectivity index is 1.67. The smallest absolute Gasteiger partial charge is 0.250 e. The van der Waals surface area contributed by atoms with Crippen LogP contribution < -0.4 is 10.9 Å². The molecule has 6 nitrogen and oxygen atoms in total. The van der Waals surface area contributed by atoms with Crippen LogP contribution in [0.4, 0.5) is 0 Å². The zero-order chi connectivity index (χ0) is 17.1. The van der Waals surface area contributed by atoms with E-state index in [9.17, 15) is 4.79 Å². The summed E-state index contributed by atoms with van der Waals surface area (Å²) in [4.78, 5) is 14.3. The first-order valence-electron chi connectivity index (χ1n) is 8.60. The first-order chi connectivity index (χ1) is 11.5. The standard InChI is InChI=1S/C18H27N5O/c1-21(2)8-9-23-17-6-5-16(10-15(17)4-7-18(23)24)19-11-14-12-20-22(3)13-14/h4,7,12-13,16,19H,5-6,8-11H2,1-3H3/t16-/m1/s1. The summed E-state index contributed by atoms with van der Waals surface area (Å²) in [5, 5.41) is 7.83. The van der Waals surface area contributed by atoms with E-state index in [2.05, 4.69) is 15.3 Å². The SMILES string of the molecule is CN(C)CCn1c2c(ccc1=O)C[C@H](NCc1cnn(C)c1)CC2. The molecule has 2 heterocycles. The molecule has 130 valence electrons. The van der Waals surface area contributed by atoms with Crippen molar-refractivity contribution in [2.24, 2.45) is 7.05 Å². The number of aryl methyl sites for hydroxylation is 1. The number of hydrogen-bond acceptors (Lipinski definition) is 4. The van der Waals surface area contributed by atoms with Crippen LogP contribution in [-0.4, -0.2) is 45.9 Å². The van der Waals surface area contributed by atoms with Crippen LogP contribution in [0.25, 0.3) is 0 Å². The summed E-state index contributed by atoms with van der Waals surface area (Å²) < 4.78 is 3.79. The Bertz CT molecular complexity index is 746. The highest BCUT2D eigenvalue weighted by atomic mass is 16.1. The van der Waals surface area contributed by atoms with Crippen LogP contribution in [0, 0.1) is 0 Å². The lowest BCUT2D eigenvalue weighted by atomic mass is 9.91. The molecule has 0 fully saturated rings. The van der Waals surface area contributed by atoms with Crippen molar-refractivity contribution in [3.63, 3.8) is 0 Å². The van der Waals surface area contributed by atoms with Crippen molar-refractivity contribution < 1.29 is 0 Å². The van der Waals surface area contributed by atoms with E-state index >= 15 is 0 Å². The Morgan fingerprint density at radius 3 is 2.92 bits per heavy atom. The van der Waals surface area contributed by atoms with Gasteiger partial charge in [-0.25, -0.2) is 0 Å². The predicted octanol–water partition coefficient (Wildman–Crippen LogP) is 0.791. The van der Waals surface area contributed by atoms with Gasteiger partial charge in [0.1, 0.15) is 0 Å². The monoisotopic (exact) mass is 329 g/mol. The van der Waals surface area contributed by atoms with E-state index in [0.29, 0.717) is 6.04 Å². The second kappa shape index (κ2) is 7.32. The van der Waals surface area contributed by atoms with Gasteiger partial charge in [0.2, 0.25) is 0 Å². The Labute approximate surface area is 143 Å². The fraction of sp³-hybridized carbons (Fsp3) is 0.556. The molecule has 0 bridgehead atoms. The molecule has 0 amide bonds. The van der Waals surface area contributed by atoms with Gasteiger partial charge in [-0.1, -0.05) is 6.07 Å².